The van der Waals surface area contributed by atoms with E-state index in [1.165, 1.54) is 6.42 Å². The van der Waals surface area contributed by atoms with Gasteiger partial charge in [-0.15, -0.1) is 0 Å². The van der Waals surface area contributed by atoms with Gasteiger partial charge in [-0.25, -0.2) is 0 Å². The van der Waals surface area contributed by atoms with Gasteiger partial charge in [0.15, 0.2) is 6.61 Å². The summed E-state index contributed by atoms with van der Waals surface area (Å²) in [5.41, 5.74) is 0.711. The minimum Gasteiger partial charge on any atom is -0.455 e. The van der Waals surface area contributed by atoms with Crippen molar-refractivity contribution in [2.24, 2.45) is 5.92 Å². The van der Waals surface area contributed by atoms with Crippen molar-refractivity contribution in [1.82, 2.24) is 0 Å². The van der Waals surface area contributed by atoms with Crippen LogP contribution in [0.15, 0.2) is 42.5 Å². The van der Waals surface area contributed by atoms with E-state index in [0.717, 1.165) is 36.5 Å². The monoisotopic (exact) mass is 311 g/mol. The quantitative estimate of drug-likeness (QED) is 0.871. The van der Waals surface area contributed by atoms with Gasteiger partial charge < -0.3 is 10.1 Å². The molecule has 0 radical (unpaired) electrons. The summed E-state index contributed by atoms with van der Waals surface area (Å²) in [6.45, 7) is -0.220. The van der Waals surface area contributed by atoms with Gasteiger partial charge in [0.05, 0.1) is 5.92 Å². The van der Waals surface area contributed by atoms with Gasteiger partial charge in [-0.05, 0) is 35.7 Å². The molecule has 0 aromatic heterocycles. The van der Waals surface area contributed by atoms with Gasteiger partial charge in [0.1, 0.15) is 0 Å². The van der Waals surface area contributed by atoms with Crippen LogP contribution in [0, 0.1) is 5.92 Å². The summed E-state index contributed by atoms with van der Waals surface area (Å²) in [5.74, 6) is -0.569. The Balaban J connectivity index is 1.52. The molecule has 4 heteroatoms. The van der Waals surface area contributed by atoms with Gasteiger partial charge >= 0.3 is 5.97 Å². The second-order valence-electron chi connectivity index (χ2n) is 6.05. The summed E-state index contributed by atoms with van der Waals surface area (Å²) in [6.07, 6.45) is 5.09. The lowest BCUT2D eigenvalue weighted by atomic mass is 9.89. The van der Waals surface area contributed by atoms with E-state index in [0.29, 0.717) is 5.69 Å². The van der Waals surface area contributed by atoms with Gasteiger partial charge in [-0.3, -0.25) is 9.59 Å². The molecule has 0 spiro atoms. The molecule has 120 valence electrons. The highest BCUT2D eigenvalue weighted by Gasteiger charge is 2.23. The summed E-state index contributed by atoms with van der Waals surface area (Å²) in [6, 6.07) is 13.7. The number of carbonyl (C=O) groups is 2. The van der Waals surface area contributed by atoms with Crippen LogP contribution in [-0.2, 0) is 14.3 Å². The minimum atomic E-state index is -0.301. The third kappa shape index (κ3) is 4.09. The average molecular weight is 311 g/mol. The van der Waals surface area contributed by atoms with Crippen LogP contribution in [0.4, 0.5) is 5.69 Å². The maximum absolute atomic E-state index is 11.9. The first-order valence-electron chi connectivity index (χ1n) is 8.18. The van der Waals surface area contributed by atoms with E-state index in [-0.39, 0.29) is 24.4 Å². The van der Waals surface area contributed by atoms with E-state index < -0.39 is 0 Å². The molecule has 1 aliphatic carbocycles. The molecule has 1 aliphatic rings. The first-order chi connectivity index (χ1) is 11.2. The van der Waals surface area contributed by atoms with Crippen LogP contribution in [0.5, 0.6) is 0 Å². The van der Waals surface area contributed by atoms with Crippen LogP contribution in [-0.4, -0.2) is 18.5 Å². The molecule has 0 bridgehead atoms. The zero-order valence-electron chi connectivity index (χ0n) is 13.1. The Labute approximate surface area is 135 Å². The first kappa shape index (κ1) is 15.5. The molecule has 0 aliphatic heterocycles. The Bertz CT molecular complexity index is 705. The Morgan fingerprint density at radius 3 is 2.52 bits per heavy atom. The van der Waals surface area contributed by atoms with E-state index in [2.05, 4.69) is 5.32 Å². The Hall–Kier alpha value is -2.36. The SMILES string of the molecule is O=C(COC(=O)C1CCCCC1)Nc1ccc2ccccc2c1. The van der Waals surface area contributed by atoms with Crippen LogP contribution in [0.1, 0.15) is 32.1 Å². The van der Waals surface area contributed by atoms with E-state index in [1.54, 1.807) is 0 Å². The van der Waals surface area contributed by atoms with Crippen molar-refractivity contribution in [3.63, 3.8) is 0 Å². The number of carbonyl (C=O) groups excluding carboxylic acids is 2. The number of esters is 1. The minimum absolute atomic E-state index is 0.0304. The van der Waals surface area contributed by atoms with E-state index >= 15 is 0 Å². The Kier molecular flexibility index (Phi) is 4.91. The summed E-state index contributed by atoms with van der Waals surface area (Å²) in [7, 11) is 0. The average Bonchev–Trinajstić information content (AvgIpc) is 2.60. The van der Waals surface area contributed by atoms with Crippen molar-refractivity contribution >= 4 is 28.3 Å². The molecule has 1 amide bonds. The summed E-state index contributed by atoms with van der Waals surface area (Å²) in [5, 5.41) is 4.96. The predicted octanol–water partition coefficient (Wildman–Crippen LogP) is 3.90. The van der Waals surface area contributed by atoms with Gasteiger partial charge in [0.25, 0.3) is 5.91 Å². The molecule has 2 aromatic rings. The number of benzene rings is 2. The lowest BCUT2D eigenvalue weighted by molar-refractivity contribution is -0.152. The number of anilines is 1. The standard InChI is InChI=1S/C19H21NO3/c21-18(13-23-19(22)15-7-2-1-3-8-15)20-17-11-10-14-6-4-5-9-16(14)12-17/h4-6,9-12,15H,1-3,7-8,13H2,(H,20,21). The molecule has 3 rings (SSSR count). The molecule has 1 fully saturated rings. The van der Waals surface area contributed by atoms with Crippen LogP contribution >= 0.6 is 0 Å². The number of rotatable bonds is 4. The smallest absolute Gasteiger partial charge is 0.309 e. The second-order valence-corrected chi connectivity index (χ2v) is 6.05. The van der Waals surface area contributed by atoms with Crippen molar-refractivity contribution in [2.75, 3.05) is 11.9 Å². The molecule has 0 heterocycles. The summed E-state index contributed by atoms with van der Waals surface area (Å²) >= 11 is 0. The maximum Gasteiger partial charge on any atom is 0.309 e. The van der Waals surface area contributed by atoms with Crippen molar-refractivity contribution in [2.45, 2.75) is 32.1 Å². The highest BCUT2D eigenvalue weighted by Crippen LogP contribution is 2.24. The lowest BCUT2D eigenvalue weighted by Crippen LogP contribution is -2.26. The lowest BCUT2D eigenvalue weighted by Gasteiger charge is -2.19. The van der Waals surface area contributed by atoms with Crippen molar-refractivity contribution in [3.8, 4) is 0 Å². The third-order valence-electron chi connectivity index (χ3n) is 4.32. The molecule has 4 nitrogen and oxygen atoms in total. The number of fused-ring (bicyclic) bond motifs is 1. The predicted molar refractivity (Wildman–Crippen MR) is 90.1 cm³/mol. The fraction of sp³-hybridized carbons (Fsp3) is 0.368. The van der Waals surface area contributed by atoms with E-state index in [9.17, 15) is 9.59 Å². The fourth-order valence-electron chi connectivity index (χ4n) is 3.06. The maximum atomic E-state index is 11.9. The van der Waals surface area contributed by atoms with E-state index in [1.807, 2.05) is 42.5 Å². The molecule has 0 saturated heterocycles. The molecular formula is C19H21NO3. The van der Waals surface area contributed by atoms with Crippen molar-refractivity contribution in [3.05, 3.63) is 42.5 Å². The number of amides is 1. The summed E-state index contributed by atoms with van der Waals surface area (Å²) in [4.78, 5) is 23.9. The largest absolute Gasteiger partial charge is 0.455 e. The molecule has 1 N–H and O–H groups in total. The Morgan fingerprint density at radius 2 is 1.74 bits per heavy atom. The van der Waals surface area contributed by atoms with Gasteiger partial charge in [-0.1, -0.05) is 49.6 Å². The molecule has 2 aromatic carbocycles. The zero-order valence-corrected chi connectivity index (χ0v) is 13.1. The third-order valence-corrected chi connectivity index (χ3v) is 4.32. The first-order valence-corrected chi connectivity index (χ1v) is 8.18. The summed E-state index contributed by atoms with van der Waals surface area (Å²) < 4.78 is 5.15. The van der Waals surface area contributed by atoms with Crippen LogP contribution in [0.3, 0.4) is 0 Å². The fourth-order valence-corrected chi connectivity index (χ4v) is 3.06. The van der Waals surface area contributed by atoms with Crippen LogP contribution < -0.4 is 5.32 Å². The molecule has 0 atom stereocenters. The van der Waals surface area contributed by atoms with E-state index in [4.69, 9.17) is 4.74 Å². The second kappa shape index (κ2) is 7.27. The molecule has 0 unspecified atom stereocenters. The normalized spacial score (nSPS) is 15.3. The van der Waals surface area contributed by atoms with Gasteiger partial charge in [0.2, 0.25) is 0 Å². The van der Waals surface area contributed by atoms with Crippen LogP contribution in [0.25, 0.3) is 10.8 Å². The zero-order chi connectivity index (χ0) is 16.1. The number of hydrogen-bond acceptors (Lipinski definition) is 3. The highest BCUT2D eigenvalue weighted by molar-refractivity contribution is 5.95. The van der Waals surface area contributed by atoms with Crippen molar-refractivity contribution < 1.29 is 14.3 Å². The topological polar surface area (TPSA) is 55.4 Å². The van der Waals surface area contributed by atoms with Crippen molar-refractivity contribution in [1.29, 1.82) is 0 Å². The molecular weight excluding hydrogens is 290 g/mol. The number of ether oxygens (including phenoxy) is 1. The number of nitrogens with one attached hydrogen (secondary N) is 1. The molecule has 23 heavy (non-hydrogen) atoms. The van der Waals surface area contributed by atoms with Gasteiger partial charge in [-0.2, -0.15) is 0 Å². The Morgan fingerprint density at radius 1 is 1.00 bits per heavy atom. The van der Waals surface area contributed by atoms with Gasteiger partial charge in [0, 0.05) is 5.69 Å². The highest BCUT2D eigenvalue weighted by atomic mass is 16.5. The molecule has 1 saturated carbocycles. The number of hydrogen-bond donors (Lipinski definition) is 1. The van der Waals surface area contributed by atoms with Crippen LogP contribution in [0.2, 0.25) is 0 Å².